The molecule has 1 aromatic carbocycles. The summed E-state index contributed by atoms with van der Waals surface area (Å²) in [5.41, 5.74) is 0.626. The van der Waals surface area contributed by atoms with Crippen LogP contribution in [0.3, 0.4) is 0 Å². The Morgan fingerprint density at radius 2 is 2.09 bits per heavy atom. The number of ether oxygens (including phenoxy) is 1. The van der Waals surface area contributed by atoms with Crippen molar-refractivity contribution in [2.24, 2.45) is 0 Å². The van der Waals surface area contributed by atoms with Gasteiger partial charge in [-0.15, -0.1) is 0 Å². The van der Waals surface area contributed by atoms with Crippen LogP contribution in [0.1, 0.15) is 5.56 Å². The van der Waals surface area contributed by atoms with E-state index in [1.54, 1.807) is 12.1 Å². The van der Waals surface area contributed by atoms with Gasteiger partial charge in [0, 0.05) is 25.1 Å². The van der Waals surface area contributed by atoms with Gasteiger partial charge in [0.15, 0.2) is 17.7 Å². The molecule has 0 fully saturated rings. The molecule has 0 spiro atoms. The minimum Gasteiger partial charge on any atom is -0.480 e. The number of carboxylic acids is 1. The summed E-state index contributed by atoms with van der Waals surface area (Å²) < 4.78 is 19.0. The van der Waals surface area contributed by atoms with Gasteiger partial charge in [0.25, 0.3) is 5.91 Å². The first-order valence-electron chi connectivity index (χ1n) is 6.98. The fraction of sp³-hybridized carbons (Fsp3) is 0.467. The summed E-state index contributed by atoms with van der Waals surface area (Å²) in [5.74, 6) is -1.94. The van der Waals surface area contributed by atoms with Gasteiger partial charge in [-0.25, -0.2) is 4.39 Å². The normalized spacial score (nSPS) is 16.3. The van der Waals surface area contributed by atoms with E-state index >= 15 is 0 Å². The van der Waals surface area contributed by atoms with Crippen LogP contribution in [0.15, 0.2) is 18.2 Å². The number of para-hydroxylation sites is 1. The van der Waals surface area contributed by atoms with Crippen LogP contribution in [0.5, 0.6) is 5.75 Å². The summed E-state index contributed by atoms with van der Waals surface area (Å²) in [5, 5.41) is 8.95. The van der Waals surface area contributed by atoms with Gasteiger partial charge >= 0.3 is 5.97 Å². The number of halogens is 1. The number of amides is 1. The standard InChI is InChI=1S/C15H19FN2O4/c1-17(2)6-7-18(9-13(19)20)15(21)12-8-10-4-3-5-11(16)14(10)22-12/h3-5,12H,6-9H2,1-2H3,(H,19,20). The van der Waals surface area contributed by atoms with E-state index in [4.69, 9.17) is 9.84 Å². The van der Waals surface area contributed by atoms with Crippen molar-refractivity contribution in [1.29, 1.82) is 0 Å². The molecule has 1 aliphatic rings. The molecule has 2 rings (SSSR count). The van der Waals surface area contributed by atoms with Crippen LogP contribution in [0.25, 0.3) is 0 Å². The Kier molecular flexibility index (Phi) is 4.97. The van der Waals surface area contributed by atoms with Crippen LogP contribution >= 0.6 is 0 Å². The molecular weight excluding hydrogens is 291 g/mol. The van der Waals surface area contributed by atoms with Gasteiger partial charge in [-0.05, 0) is 20.2 Å². The molecule has 1 unspecified atom stereocenters. The molecule has 0 saturated carbocycles. The summed E-state index contributed by atoms with van der Waals surface area (Å²) in [6.07, 6.45) is -0.613. The highest BCUT2D eigenvalue weighted by Gasteiger charge is 2.34. The molecule has 0 aliphatic carbocycles. The Morgan fingerprint density at radius 1 is 1.36 bits per heavy atom. The largest absolute Gasteiger partial charge is 0.480 e. The number of benzene rings is 1. The van der Waals surface area contributed by atoms with E-state index in [-0.39, 0.29) is 18.7 Å². The molecule has 0 bridgehead atoms. The molecule has 1 N–H and O–H groups in total. The van der Waals surface area contributed by atoms with E-state index < -0.39 is 30.3 Å². The lowest BCUT2D eigenvalue weighted by molar-refractivity contribution is -0.147. The average Bonchev–Trinajstić information content (AvgIpc) is 2.87. The molecule has 120 valence electrons. The summed E-state index contributed by atoms with van der Waals surface area (Å²) in [4.78, 5) is 26.5. The highest BCUT2D eigenvalue weighted by Crippen LogP contribution is 2.31. The van der Waals surface area contributed by atoms with Crippen LogP contribution in [0.2, 0.25) is 0 Å². The molecule has 22 heavy (non-hydrogen) atoms. The molecule has 6 nitrogen and oxygen atoms in total. The SMILES string of the molecule is CN(C)CCN(CC(=O)O)C(=O)C1Cc2cccc(F)c2O1. The van der Waals surface area contributed by atoms with Crippen molar-refractivity contribution < 1.29 is 23.8 Å². The van der Waals surface area contributed by atoms with Gasteiger partial charge in [-0.1, -0.05) is 12.1 Å². The number of hydrogen-bond donors (Lipinski definition) is 1. The topological polar surface area (TPSA) is 70.1 Å². The monoisotopic (exact) mass is 310 g/mol. The minimum absolute atomic E-state index is 0.0868. The van der Waals surface area contributed by atoms with Gasteiger partial charge in [-0.2, -0.15) is 0 Å². The zero-order chi connectivity index (χ0) is 16.3. The lowest BCUT2D eigenvalue weighted by Gasteiger charge is -2.25. The predicted molar refractivity (Wildman–Crippen MR) is 77.3 cm³/mol. The zero-order valence-corrected chi connectivity index (χ0v) is 12.6. The predicted octanol–water partition coefficient (Wildman–Crippen LogP) is 0.604. The van der Waals surface area contributed by atoms with Crippen molar-refractivity contribution in [3.63, 3.8) is 0 Å². The number of carbonyl (C=O) groups excluding carboxylic acids is 1. The molecule has 0 aromatic heterocycles. The number of rotatable bonds is 6. The Morgan fingerprint density at radius 3 is 2.68 bits per heavy atom. The zero-order valence-electron chi connectivity index (χ0n) is 12.6. The molecule has 1 aliphatic heterocycles. The molecule has 0 radical (unpaired) electrons. The van der Waals surface area contributed by atoms with Gasteiger partial charge in [0.05, 0.1) is 0 Å². The van der Waals surface area contributed by atoms with Crippen molar-refractivity contribution in [2.45, 2.75) is 12.5 Å². The number of carbonyl (C=O) groups is 2. The first kappa shape index (κ1) is 16.2. The number of carboxylic acid groups (broad SMARTS) is 1. The van der Waals surface area contributed by atoms with Gasteiger partial charge in [-0.3, -0.25) is 9.59 Å². The first-order chi connectivity index (χ1) is 10.4. The maximum atomic E-state index is 13.6. The Labute approximate surface area is 128 Å². The van der Waals surface area contributed by atoms with Crippen LogP contribution in [-0.2, 0) is 16.0 Å². The van der Waals surface area contributed by atoms with E-state index in [0.717, 1.165) is 0 Å². The second kappa shape index (κ2) is 6.74. The van der Waals surface area contributed by atoms with Gasteiger partial charge in [0.1, 0.15) is 6.54 Å². The minimum atomic E-state index is -1.09. The number of likely N-dealkylation sites (N-methyl/N-ethyl adjacent to an activating group) is 1. The molecular formula is C15H19FN2O4. The third-order valence-corrected chi connectivity index (χ3v) is 3.44. The van der Waals surface area contributed by atoms with Crippen LogP contribution in [-0.4, -0.2) is 66.6 Å². The molecule has 1 atom stereocenters. The Bertz CT molecular complexity index is 577. The fourth-order valence-electron chi connectivity index (χ4n) is 2.32. The first-order valence-corrected chi connectivity index (χ1v) is 6.98. The molecule has 1 heterocycles. The summed E-state index contributed by atoms with van der Waals surface area (Å²) in [6.45, 7) is 0.412. The van der Waals surface area contributed by atoms with Crippen LogP contribution < -0.4 is 4.74 Å². The summed E-state index contributed by atoms with van der Waals surface area (Å²) in [6, 6.07) is 4.53. The van der Waals surface area contributed by atoms with E-state index in [0.29, 0.717) is 12.1 Å². The smallest absolute Gasteiger partial charge is 0.323 e. The van der Waals surface area contributed by atoms with Crippen LogP contribution in [0.4, 0.5) is 4.39 Å². The van der Waals surface area contributed by atoms with Gasteiger partial charge < -0.3 is 19.6 Å². The number of nitrogens with zero attached hydrogens (tertiary/aromatic N) is 2. The number of aliphatic carboxylic acids is 1. The van der Waals surface area contributed by atoms with E-state index in [2.05, 4.69) is 0 Å². The van der Waals surface area contributed by atoms with Crippen molar-refractivity contribution in [1.82, 2.24) is 9.80 Å². The number of fused-ring (bicyclic) bond motifs is 1. The van der Waals surface area contributed by atoms with Crippen molar-refractivity contribution >= 4 is 11.9 Å². The van der Waals surface area contributed by atoms with E-state index in [9.17, 15) is 14.0 Å². The maximum absolute atomic E-state index is 13.6. The summed E-state index contributed by atoms with van der Waals surface area (Å²) in [7, 11) is 3.67. The molecule has 1 amide bonds. The number of hydrogen-bond acceptors (Lipinski definition) is 4. The lowest BCUT2D eigenvalue weighted by Crippen LogP contribution is -2.46. The highest BCUT2D eigenvalue weighted by molar-refractivity contribution is 5.86. The Balaban J connectivity index is 2.08. The van der Waals surface area contributed by atoms with E-state index in [1.165, 1.54) is 11.0 Å². The second-order valence-corrected chi connectivity index (χ2v) is 5.50. The van der Waals surface area contributed by atoms with Crippen molar-refractivity contribution in [3.8, 4) is 5.75 Å². The van der Waals surface area contributed by atoms with Crippen molar-refractivity contribution in [3.05, 3.63) is 29.6 Å². The maximum Gasteiger partial charge on any atom is 0.323 e. The van der Waals surface area contributed by atoms with Crippen molar-refractivity contribution in [2.75, 3.05) is 33.7 Å². The van der Waals surface area contributed by atoms with Crippen LogP contribution in [0, 0.1) is 5.82 Å². The highest BCUT2D eigenvalue weighted by atomic mass is 19.1. The molecule has 1 aromatic rings. The Hall–Kier alpha value is -2.15. The molecule has 7 heteroatoms. The average molecular weight is 310 g/mol. The quantitative estimate of drug-likeness (QED) is 0.833. The summed E-state index contributed by atoms with van der Waals surface area (Å²) >= 11 is 0. The lowest BCUT2D eigenvalue weighted by atomic mass is 10.1. The van der Waals surface area contributed by atoms with E-state index in [1.807, 2.05) is 19.0 Å². The third-order valence-electron chi connectivity index (χ3n) is 3.44. The third kappa shape index (κ3) is 3.73. The fourth-order valence-corrected chi connectivity index (χ4v) is 2.32. The van der Waals surface area contributed by atoms with Gasteiger partial charge in [0.2, 0.25) is 0 Å². The second-order valence-electron chi connectivity index (χ2n) is 5.50. The molecule has 0 saturated heterocycles.